The number of aromatic nitrogens is 2. The first-order valence-corrected chi connectivity index (χ1v) is 11.8. The average Bonchev–Trinajstić information content (AvgIpc) is 3.43. The number of aromatic amines is 1. The molecule has 0 atom stereocenters. The van der Waals surface area contributed by atoms with Crippen LogP contribution in [0.2, 0.25) is 0 Å². The lowest BCUT2D eigenvalue weighted by molar-refractivity contribution is 0.101. The maximum absolute atomic E-state index is 13.1. The number of allylic oxidation sites excluding steroid dienone is 1. The number of rotatable bonds is 7. The summed E-state index contributed by atoms with van der Waals surface area (Å²) in [5.41, 5.74) is 2.99. The van der Waals surface area contributed by atoms with Crippen molar-refractivity contribution in [3.63, 3.8) is 0 Å². The van der Waals surface area contributed by atoms with Crippen molar-refractivity contribution in [2.75, 3.05) is 39.8 Å². The molecule has 0 aliphatic carbocycles. The molecule has 3 aromatic rings. The monoisotopic (exact) mass is 476 g/mol. The van der Waals surface area contributed by atoms with Crippen molar-refractivity contribution in [3.8, 4) is 11.5 Å². The Labute approximate surface area is 202 Å². The molecule has 5 rings (SSSR count). The Balaban J connectivity index is 1.27. The molecule has 1 amide bonds. The zero-order valence-corrected chi connectivity index (χ0v) is 19.6. The largest absolute Gasteiger partial charge is 0.496 e. The van der Waals surface area contributed by atoms with Crippen molar-refractivity contribution in [1.82, 2.24) is 20.0 Å². The highest BCUT2D eigenvalue weighted by molar-refractivity contribution is 6.15. The standard InChI is InChI=1S/C26H28N4O5/c1-34-22-10-9-19-24(31)23(16-21-17-6-2-3-8-20(17)27-28-21)35-25(19)18(22)7-4-5-11-29-12-14-30(15-13-29)26(32)33/h2-3,6,8-10,16H,4-5,7,11-15H2,1H3,(H,27,28)(H,32,33). The van der Waals surface area contributed by atoms with Gasteiger partial charge in [-0.25, -0.2) is 4.79 Å². The molecular weight excluding hydrogens is 448 g/mol. The molecule has 0 unspecified atom stereocenters. The molecule has 1 aromatic heterocycles. The Morgan fingerprint density at radius 2 is 1.97 bits per heavy atom. The summed E-state index contributed by atoms with van der Waals surface area (Å²) in [5, 5.41) is 17.3. The number of nitrogens with zero attached hydrogens (tertiary/aromatic N) is 3. The molecule has 0 bridgehead atoms. The quantitative estimate of drug-likeness (QED) is 0.394. The molecule has 2 aromatic carbocycles. The lowest BCUT2D eigenvalue weighted by atomic mass is 10.0. The van der Waals surface area contributed by atoms with E-state index in [-0.39, 0.29) is 11.5 Å². The van der Waals surface area contributed by atoms with Gasteiger partial charge in [0, 0.05) is 43.2 Å². The van der Waals surface area contributed by atoms with Crippen molar-refractivity contribution in [2.24, 2.45) is 0 Å². The summed E-state index contributed by atoms with van der Waals surface area (Å²) in [5.74, 6) is 1.36. The summed E-state index contributed by atoms with van der Waals surface area (Å²) in [6, 6.07) is 11.3. The number of amides is 1. The van der Waals surface area contributed by atoms with Crippen LogP contribution in [0.25, 0.3) is 17.0 Å². The number of methoxy groups -OCH3 is 1. The Kier molecular flexibility index (Phi) is 6.41. The van der Waals surface area contributed by atoms with E-state index in [1.165, 1.54) is 4.90 Å². The van der Waals surface area contributed by atoms with E-state index in [4.69, 9.17) is 14.6 Å². The van der Waals surface area contributed by atoms with Crippen molar-refractivity contribution < 1.29 is 24.2 Å². The van der Waals surface area contributed by atoms with Gasteiger partial charge in [-0.1, -0.05) is 18.2 Å². The molecule has 2 aliphatic rings. The fourth-order valence-electron chi connectivity index (χ4n) is 4.74. The van der Waals surface area contributed by atoms with Crippen molar-refractivity contribution in [2.45, 2.75) is 19.3 Å². The maximum atomic E-state index is 13.1. The predicted octanol–water partition coefficient (Wildman–Crippen LogP) is 3.81. The molecule has 182 valence electrons. The normalized spacial score (nSPS) is 17.1. The molecule has 1 fully saturated rings. The smallest absolute Gasteiger partial charge is 0.407 e. The third-order valence-corrected chi connectivity index (χ3v) is 6.68. The van der Waals surface area contributed by atoms with Gasteiger partial charge in [0.15, 0.2) is 5.76 Å². The Morgan fingerprint density at radius 1 is 1.17 bits per heavy atom. The van der Waals surface area contributed by atoms with Crippen molar-refractivity contribution in [3.05, 3.63) is 59.0 Å². The highest BCUT2D eigenvalue weighted by atomic mass is 16.5. The second kappa shape index (κ2) is 9.79. The number of fused-ring (bicyclic) bond motifs is 2. The van der Waals surface area contributed by atoms with E-state index < -0.39 is 6.09 Å². The number of ether oxygens (including phenoxy) is 2. The van der Waals surface area contributed by atoms with Crippen molar-refractivity contribution in [1.29, 1.82) is 0 Å². The third kappa shape index (κ3) is 4.59. The lowest BCUT2D eigenvalue weighted by Gasteiger charge is -2.33. The summed E-state index contributed by atoms with van der Waals surface area (Å²) in [7, 11) is 1.62. The van der Waals surface area contributed by atoms with Gasteiger partial charge in [0.1, 0.15) is 11.5 Å². The zero-order chi connectivity index (χ0) is 24.4. The minimum Gasteiger partial charge on any atom is -0.496 e. The number of nitrogens with one attached hydrogen (secondary N) is 1. The number of carbonyl (C=O) groups excluding carboxylic acids is 1. The van der Waals surface area contributed by atoms with Crippen LogP contribution >= 0.6 is 0 Å². The highest BCUT2D eigenvalue weighted by Crippen LogP contribution is 2.40. The van der Waals surface area contributed by atoms with Crippen LogP contribution in [0.5, 0.6) is 11.5 Å². The van der Waals surface area contributed by atoms with E-state index in [1.807, 2.05) is 30.3 Å². The second-order valence-corrected chi connectivity index (χ2v) is 8.79. The summed E-state index contributed by atoms with van der Waals surface area (Å²) >= 11 is 0. The van der Waals surface area contributed by atoms with Crippen LogP contribution in [-0.4, -0.2) is 76.8 Å². The number of carboxylic acid groups (broad SMARTS) is 1. The first-order valence-electron chi connectivity index (χ1n) is 11.8. The molecule has 1 saturated heterocycles. The number of Topliss-reactive ketones (excluding diaryl/α,β-unsaturated/α-hetero) is 1. The van der Waals surface area contributed by atoms with E-state index in [1.54, 1.807) is 19.3 Å². The zero-order valence-electron chi connectivity index (χ0n) is 19.6. The maximum Gasteiger partial charge on any atom is 0.407 e. The van der Waals surface area contributed by atoms with Crippen molar-refractivity contribution >= 4 is 28.9 Å². The summed E-state index contributed by atoms with van der Waals surface area (Å²) < 4.78 is 11.7. The van der Waals surface area contributed by atoms with Crippen LogP contribution in [0.1, 0.15) is 34.5 Å². The van der Waals surface area contributed by atoms with Crippen LogP contribution in [0.3, 0.4) is 0 Å². The first kappa shape index (κ1) is 22.9. The van der Waals surface area contributed by atoms with Crippen LogP contribution in [0.15, 0.2) is 42.2 Å². The van der Waals surface area contributed by atoms with Crippen LogP contribution in [-0.2, 0) is 6.42 Å². The molecular formula is C26H28N4O5. The van der Waals surface area contributed by atoms with Gasteiger partial charge in [-0.3, -0.25) is 14.8 Å². The fourth-order valence-corrected chi connectivity index (χ4v) is 4.74. The number of unbranched alkanes of at least 4 members (excludes halogenated alkanes) is 1. The van der Waals surface area contributed by atoms with Gasteiger partial charge in [0.25, 0.3) is 0 Å². The molecule has 0 radical (unpaired) electrons. The minimum absolute atomic E-state index is 0.160. The van der Waals surface area contributed by atoms with Gasteiger partial charge in [-0.05, 0) is 44.0 Å². The number of hydrogen-bond acceptors (Lipinski definition) is 6. The lowest BCUT2D eigenvalue weighted by Crippen LogP contribution is -2.48. The number of ketones is 1. The first-order chi connectivity index (χ1) is 17.0. The van der Waals surface area contributed by atoms with E-state index in [9.17, 15) is 9.59 Å². The number of para-hydroxylation sites is 1. The van der Waals surface area contributed by atoms with Crippen LogP contribution in [0.4, 0.5) is 4.79 Å². The highest BCUT2D eigenvalue weighted by Gasteiger charge is 2.31. The number of hydrogen-bond donors (Lipinski definition) is 2. The van der Waals surface area contributed by atoms with Gasteiger partial charge in [0.05, 0.1) is 23.9 Å². The molecule has 0 saturated carbocycles. The van der Waals surface area contributed by atoms with E-state index in [0.29, 0.717) is 42.3 Å². The fraction of sp³-hybridized carbons (Fsp3) is 0.346. The molecule has 9 heteroatoms. The summed E-state index contributed by atoms with van der Waals surface area (Å²) in [4.78, 5) is 27.9. The SMILES string of the molecule is COc1ccc2c(c1CCCCN1CCN(C(=O)O)CC1)OC(=Cc1n[nH]c3ccccc13)C2=O. The summed E-state index contributed by atoms with van der Waals surface area (Å²) in [6.45, 7) is 3.51. The Morgan fingerprint density at radius 3 is 2.74 bits per heavy atom. The van der Waals surface area contributed by atoms with Gasteiger partial charge < -0.3 is 19.5 Å². The number of piperazine rings is 1. The molecule has 0 spiro atoms. The van der Waals surface area contributed by atoms with Crippen LogP contribution < -0.4 is 9.47 Å². The Hall–Kier alpha value is -3.85. The molecule has 35 heavy (non-hydrogen) atoms. The molecule has 2 aliphatic heterocycles. The third-order valence-electron chi connectivity index (χ3n) is 6.68. The topological polar surface area (TPSA) is 108 Å². The summed E-state index contributed by atoms with van der Waals surface area (Å²) in [6.07, 6.45) is 3.40. The van der Waals surface area contributed by atoms with E-state index >= 15 is 0 Å². The number of H-pyrrole nitrogens is 1. The predicted molar refractivity (Wildman–Crippen MR) is 131 cm³/mol. The number of carbonyl (C=O) groups is 2. The van der Waals surface area contributed by atoms with E-state index in [2.05, 4.69) is 15.1 Å². The Bertz CT molecular complexity index is 1290. The van der Waals surface area contributed by atoms with Gasteiger partial charge in [-0.15, -0.1) is 0 Å². The van der Waals surface area contributed by atoms with Gasteiger partial charge in [-0.2, -0.15) is 5.10 Å². The molecule has 9 nitrogen and oxygen atoms in total. The number of benzene rings is 2. The minimum atomic E-state index is -0.849. The van der Waals surface area contributed by atoms with Gasteiger partial charge >= 0.3 is 6.09 Å². The van der Waals surface area contributed by atoms with Gasteiger partial charge in [0.2, 0.25) is 5.78 Å². The average molecular weight is 477 g/mol. The molecule has 2 N–H and O–H groups in total. The second-order valence-electron chi connectivity index (χ2n) is 8.79. The van der Waals surface area contributed by atoms with Crippen LogP contribution in [0, 0.1) is 0 Å². The molecule has 3 heterocycles. The van der Waals surface area contributed by atoms with E-state index in [0.717, 1.165) is 48.9 Å².